The lowest BCUT2D eigenvalue weighted by atomic mass is 9.96. The summed E-state index contributed by atoms with van der Waals surface area (Å²) in [5.41, 5.74) is 4.15. The van der Waals surface area contributed by atoms with Crippen molar-refractivity contribution in [2.75, 3.05) is 52.9 Å². The summed E-state index contributed by atoms with van der Waals surface area (Å²) in [4.78, 5) is 14.5. The lowest BCUT2D eigenvalue weighted by molar-refractivity contribution is 0.0353. The molecule has 62 heavy (non-hydrogen) atoms. The van der Waals surface area contributed by atoms with Crippen LogP contribution in [0.4, 0.5) is 0 Å². The van der Waals surface area contributed by atoms with Crippen molar-refractivity contribution in [3.63, 3.8) is 0 Å². The van der Waals surface area contributed by atoms with Crippen molar-refractivity contribution in [1.82, 2.24) is 15.0 Å². The van der Waals surface area contributed by atoms with Crippen LogP contribution in [0.5, 0.6) is 11.5 Å². The third-order valence-electron chi connectivity index (χ3n) is 10.3. The lowest BCUT2D eigenvalue weighted by Gasteiger charge is -2.18. The molecule has 13 nitrogen and oxygen atoms in total. The van der Waals surface area contributed by atoms with E-state index in [1.807, 2.05) is 18.2 Å². The molecule has 4 aromatic rings. The summed E-state index contributed by atoms with van der Waals surface area (Å²) in [5.74, 6) is 0.299. The van der Waals surface area contributed by atoms with Gasteiger partial charge in [0, 0.05) is 57.7 Å². The molecule has 1 heterocycles. The second kappa shape index (κ2) is 27.9. The van der Waals surface area contributed by atoms with Crippen molar-refractivity contribution in [1.29, 1.82) is 0 Å². The van der Waals surface area contributed by atoms with Crippen molar-refractivity contribution >= 4 is 0 Å². The number of hydrogen-bond acceptors (Lipinski definition) is 13. The number of aromatic hydroxyl groups is 2. The normalized spacial score (nSPS) is 13.6. The zero-order valence-corrected chi connectivity index (χ0v) is 37.3. The van der Waals surface area contributed by atoms with Gasteiger partial charge in [-0.05, 0) is 72.2 Å². The lowest BCUT2D eigenvalue weighted by Crippen LogP contribution is -2.20. The fourth-order valence-corrected chi connectivity index (χ4v) is 6.85. The Morgan fingerprint density at radius 1 is 0.419 bits per heavy atom. The van der Waals surface area contributed by atoms with E-state index in [2.05, 4.69) is 27.7 Å². The van der Waals surface area contributed by atoms with E-state index in [1.165, 1.54) is 0 Å². The van der Waals surface area contributed by atoms with Crippen LogP contribution in [0.2, 0.25) is 0 Å². The van der Waals surface area contributed by atoms with Crippen LogP contribution < -0.4 is 0 Å². The van der Waals surface area contributed by atoms with Crippen LogP contribution in [-0.4, -0.2) is 123 Å². The second-order valence-electron chi connectivity index (χ2n) is 16.1. The molecular weight excluding hydrogens is 791 g/mol. The largest absolute Gasteiger partial charge is 0.507 e. The maximum absolute atomic E-state index is 11.4. The summed E-state index contributed by atoms with van der Waals surface area (Å²) in [6.45, 7) is 11.3. The smallest absolute Gasteiger partial charge is 0.167 e. The van der Waals surface area contributed by atoms with Gasteiger partial charge in [-0.3, -0.25) is 0 Å². The first-order chi connectivity index (χ1) is 30.0. The number of aliphatic hydroxyl groups excluding tert-OH is 4. The minimum atomic E-state index is -0.850. The Kier molecular flexibility index (Phi) is 22.8. The molecule has 0 aliphatic heterocycles. The zero-order chi connectivity index (χ0) is 44.7. The van der Waals surface area contributed by atoms with E-state index >= 15 is 0 Å². The van der Waals surface area contributed by atoms with Crippen LogP contribution in [-0.2, 0) is 44.6 Å². The molecular formula is C49H71N3O10. The molecule has 3 aromatic carbocycles. The molecule has 0 aliphatic rings. The predicted molar refractivity (Wildman–Crippen MR) is 241 cm³/mol. The summed E-state index contributed by atoms with van der Waals surface area (Å²) >= 11 is 0. The first-order valence-electron chi connectivity index (χ1n) is 22.6. The van der Waals surface area contributed by atoms with Gasteiger partial charge in [-0.2, -0.15) is 0 Å². The fourth-order valence-electron chi connectivity index (χ4n) is 6.85. The topological polar surface area (TPSA) is 197 Å². The van der Waals surface area contributed by atoms with Gasteiger partial charge in [0.2, 0.25) is 0 Å². The first-order valence-corrected chi connectivity index (χ1v) is 22.6. The molecule has 0 saturated heterocycles. The van der Waals surface area contributed by atoms with Crippen LogP contribution in [0.25, 0.3) is 34.2 Å². The van der Waals surface area contributed by atoms with Gasteiger partial charge in [0.25, 0.3) is 0 Å². The van der Waals surface area contributed by atoms with Crippen molar-refractivity contribution in [2.24, 2.45) is 0 Å². The molecule has 0 aliphatic carbocycles. The Balaban J connectivity index is 1.75. The summed E-state index contributed by atoms with van der Waals surface area (Å²) < 4.78 is 22.6. The third-order valence-corrected chi connectivity index (χ3v) is 10.3. The van der Waals surface area contributed by atoms with E-state index in [-0.39, 0.29) is 74.7 Å². The predicted octanol–water partition coefficient (Wildman–Crippen LogP) is 7.16. The van der Waals surface area contributed by atoms with E-state index in [1.54, 1.807) is 36.4 Å². The molecule has 0 bridgehead atoms. The van der Waals surface area contributed by atoms with Gasteiger partial charge < -0.3 is 49.6 Å². The van der Waals surface area contributed by atoms with Gasteiger partial charge in [-0.1, -0.05) is 83.7 Å². The van der Waals surface area contributed by atoms with Gasteiger partial charge in [-0.15, -0.1) is 0 Å². The van der Waals surface area contributed by atoms with E-state index in [4.69, 9.17) is 33.9 Å². The minimum Gasteiger partial charge on any atom is -0.507 e. The average molecular weight is 862 g/mol. The van der Waals surface area contributed by atoms with Crippen molar-refractivity contribution in [2.45, 2.75) is 129 Å². The Morgan fingerprint density at radius 3 is 1.06 bits per heavy atom. The molecule has 4 unspecified atom stereocenters. The molecule has 0 spiro atoms. The van der Waals surface area contributed by atoms with Crippen molar-refractivity contribution in [3.05, 3.63) is 76.9 Å². The van der Waals surface area contributed by atoms with Crippen LogP contribution in [0.3, 0.4) is 0 Å². The number of hydrogen-bond donors (Lipinski definition) is 6. The highest BCUT2D eigenvalue weighted by Gasteiger charge is 2.22. The molecule has 1 aromatic heterocycles. The van der Waals surface area contributed by atoms with Crippen LogP contribution in [0.1, 0.15) is 101 Å². The summed E-state index contributed by atoms with van der Waals surface area (Å²) in [6.07, 6.45) is 5.57. The molecule has 0 saturated carbocycles. The van der Waals surface area contributed by atoms with Gasteiger partial charge in [0.05, 0.1) is 62.0 Å². The Hall–Kier alpha value is -4.05. The van der Waals surface area contributed by atoms with E-state index in [0.717, 1.165) is 56.9 Å². The Labute approximate surface area is 368 Å². The van der Waals surface area contributed by atoms with Gasteiger partial charge in [0.15, 0.2) is 17.5 Å². The van der Waals surface area contributed by atoms with Gasteiger partial charge >= 0.3 is 0 Å². The highest BCUT2D eigenvalue weighted by Crippen LogP contribution is 2.35. The number of phenols is 2. The van der Waals surface area contributed by atoms with Crippen LogP contribution in [0.15, 0.2) is 54.6 Å². The monoisotopic (exact) mass is 862 g/mol. The van der Waals surface area contributed by atoms with Crippen molar-refractivity contribution < 1.29 is 49.6 Å². The molecule has 342 valence electrons. The maximum Gasteiger partial charge on any atom is 0.167 e. The summed E-state index contributed by atoms with van der Waals surface area (Å²) in [7, 11) is 0. The quantitative estimate of drug-likeness (QED) is 0.0279. The molecule has 0 radical (unpaired) electrons. The fraction of sp³-hybridized carbons (Fsp3) is 0.571. The first kappa shape index (κ1) is 50.6. The minimum absolute atomic E-state index is 0.107. The van der Waals surface area contributed by atoms with E-state index < -0.39 is 24.4 Å². The van der Waals surface area contributed by atoms with E-state index in [9.17, 15) is 30.6 Å². The number of aliphatic hydroxyl groups is 4. The number of unbranched alkanes of at least 4 members (excludes halogenated alkanes) is 4. The third kappa shape index (κ3) is 17.3. The van der Waals surface area contributed by atoms with Crippen LogP contribution >= 0.6 is 0 Å². The average Bonchev–Trinajstić information content (AvgIpc) is 3.24. The Morgan fingerprint density at radius 2 is 0.726 bits per heavy atom. The molecule has 0 amide bonds. The Bertz CT molecular complexity index is 1810. The molecule has 6 N–H and O–H groups in total. The zero-order valence-electron chi connectivity index (χ0n) is 37.3. The second-order valence-corrected chi connectivity index (χ2v) is 16.1. The highest BCUT2D eigenvalue weighted by molar-refractivity contribution is 5.73. The summed E-state index contributed by atoms with van der Waals surface area (Å²) in [5, 5.41) is 66.1. The number of aromatic nitrogens is 3. The molecule has 4 atom stereocenters. The van der Waals surface area contributed by atoms with Gasteiger partial charge in [0.1, 0.15) is 11.5 Å². The maximum atomic E-state index is 11.4. The van der Waals surface area contributed by atoms with Crippen LogP contribution in [0, 0.1) is 0 Å². The number of phenolic OH excluding ortho intramolecular Hbond substituents is 2. The molecule has 4 rings (SSSR count). The van der Waals surface area contributed by atoms with Gasteiger partial charge in [-0.25, -0.2) is 15.0 Å². The molecule has 13 heteroatoms. The number of benzene rings is 3. The standard InChI is InChI=1S/C49H71N3O10/c1-5-9-19-59-30-38(53)24-34-13-16-42(37(23-34)29-41(56)33-62-22-12-8-4)47-50-48(43-17-14-35(27-45(43)57)25-39(54)31-60-20-10-6-2)52-49(51-47)44-18-15-36(28-46(44)58)26-40(55)32-61-21-11-7-3/h13-18,23,27-28,38-41,53-58H,5-12,19-22,24-26,29-33H2,1-4H3. The SMILES string of the molecule is CCCCOCC(O)Cc1ccc(-c2nc(-c3ccc(CC(O)COCCCC)cc3O)nc(-c3ccc(CC(O)COCCCC)cc3CC(O)COCCCC)n2)c(O)c1. The van der Waals surface area contributed by atoms with Crippen molar-refractivity contribution in [3.8, 4) is 45.7 Å². The molecule has 0 fully saturated rings. The number of nitrogens with zero attached hydrogens (tertiary/aromatic N) is 3. The number of ether oxygens (including phenoxy) is 4. The summed E-state index contributed by atoms with van der Waals surface area (Å²) in [6, 6.07) is 15.8. The van der Waals surface area contributed by atoms with E-state index in [0.29, 0.717) is 66.2 Å². The highest BCUT2D eigenvalue weighted by atomic mass is 16.5. The number of rotatable bonds is 31.